The minimum Gasteiger partial charge on any atom is -0.348 e. The van der Waals surface area contributed by atoms with Crippen molar-refractivity contribution in [2.45, 2.75) is 13.5 Å². The van der Waals surface area contributed by atoms with Gasteiger partial charge in [0.25, 0.3) is 0 Å². The van der Waals surface area contributed by atoms with E-state index in [1.165, 1.54) is 18.2 Å². The second-order valence-electron chi connectivity index (χ2n) is 5.74. The second-order valence-corrected chi connectivity index (χ2v) is 5.74. The maximum absolute atomic E-state index is 13.2. The summed E-state index contributed by atoms with van der Waals surface area (Å²) in [5.74, 6) is -0.0489. The smallest absolute Gasteiger partial charge is 0.243 e. The summed E-state index contributed by atoms with van der Waals surface area (Å²) in [6.45, 7) is 5.62. The molecule has 0 atom stereocenters. The van der Waals surface area contributed by atoms with Gasteiger partial charge in [0.15, 0.2) is 5.82 Å². The van der Waals surface area contributed by atoms with E-state index in [-0.39, 0.29) is 18.3 Å². The first-order valence-electron chi connectivity index (χ1n) is 8.01. The third kappa shape index (κ3) is 3.97. The van der Waals surface area contributed by atoms with Crippen LogP contribution in [-0.4, -0.2) is 20.9 Å². The Bertz CT molecular complexity index is 937. The van der Waals surface area contributed by atoms with Gasteiger partial charge in [-0.1, -0.05) is 6.58 Å². The Hall–Kier alpha value is -3.41. The quantitative estimate of drug-likeness (QED) is 0.717. The zero-order chi connectivity index (χ0) is 18.5. The van der Waals surface area contributed by atoms with Crippen LogP contribution in [0.4, 0.5) is 4.39 Å². The molecule has 0 saturated heterocycles. The first-order valence-corrected chi connectivity index (χ1v) is 8.01. The number of carbonyl (C=O) groups is 1. The fraction of sp³-hybridized carbons (Fsp3) is 0.100. The second kappa shape index (κ2) is 7.65. The Balaban J connectivity index is 2.03. The molecule has 0 aliphatic carbocycles. The summed E-state index contributed by atoms with van der Waals surface area (Å²) in [7, 11) is 0. The van der Waals surface area contributed by atoms with Crippen molar-refractivity contribution >= 4 is 5.91 Å². The monoisotopic (exact) mass is 348 g/mol. The molecule has 0 fully saturated rings. The van der Waals surface area contributed by atoms with Crippen LogP contribution in [0.3, 0.4) is 0 Å². The molecule has 6 heteroatoms. The molecule has 1 N–H and O–H groups in total. The highest BCUT2D eigenvalue weighted by Gasteiger charge is 2.12. The van der Waals surface area contributed by atoms with Gasteiger partial charge in [-0.15, -0.1) is 0 Å². The molecule has 0 aliphatic heterocycles. The summed E-state index contributed by atoms with van der Waals surface area (Å²) >= 11 is 0. The SMILES string of the molecule is C=CC(=O)NCc1cnc(-c2ccc(F)cc2)cc1-c1ncc(C)cn1. The van der Waals surface area contributed by atoms with Gasteiger partial charge in [0.2, 0.25) is 5.91 Å². The van der Waals surface area contributed by atoms with Gasteiger partial charge in [-0.2, -0.15) is 0 Å². The lowest BCUT2D eigenvalue weighted by atomic mass is 10.0. The highest BCUT2D eigenvalue weighted by atomic mass is 19.1. The molecule has 5 nitrogen and oxygen atoms in total. The van der Waals surface area contributed by atoms with E-state index in [0.717, 1.165) is 22.3 Å². The largest absolute Gasteiger partial charge is 0.348 e. The summed E-state index contributed by atoms with van der Waals surface area (Å²) in [6.07, 6.45) is 6.34. The van der Waals surface area contributed by atoms with Crippen molar-refractivity contribution in [1.82, 2.24) is 20.3 Å². The summed E-state index contributed by atoms with van der Waals surface area (Å²) < 4.78 is 13.2. The number of hydrogen-bond donors (Lipinski definition) is 1. The summed E-state index contributed by atoms with van der Waals surface area (Å²) in [5, 5.41) is 2.73. The number of amides is 1. The van der Waals surface area contributed by atoms with Crippen molar-refractivity contribution < 1.29 is 9.18 Å². The number of benzene rings is 1. The van der Waals surface area contributed by atoms with Crippen molar-refractivity contribution in [1.29, 1.82) is 0 Å². The maximum atomic E-state index is 13.2. The average molecular weight is 348 g/mol. The third-order valence-corrected chi connectivity index (χ3v) is 3.79. The number of nitrogens with zero attached hydrogens (tertiary/aromatic N) is 3. The fourth-order valence-electron chi connectivity index (χ4n) is 2.40. The zero-order valence-corrected chi connectivity index (χ0v) is 14.2. The van der Waals surface area contributed by atoms with E-state index >= 15 is 0 Å². The van der Waals surface area contributed by atoms with Gasteiger partial charge in [0.1, 0.15) is 5.82 Å². The van der Waals surface area contributed by atoms with E-state index in [1.807, 2.05) is 13.0 Å². The first kappa shape index (κ1) is 17.4. The summed E-state index contributed by atoms with van der Waals surface area (Å²) in [5.41, 5.74) is 3.92. The standard InChI is InChI=1S/C20H17FN4O/c1-3-19(26)23-12-15-11-22-18(14-4-6-16(21)7-5-14)8-17(15)20-24-9-13(2)10-25-20/h3-11H,1,12H2,2H3,(H,23,26). The molecule has 3 aromatic rings. The molecule has 2 aromatic heterocycles. The molecule has 0 unspecified atom stereocenters. The first-order chi connectivity index (χ1) is 12.6. The minimum absolute atomic E-state index is 0.272. The van der Waals surface area contributed by atoms with Gasteiger partial charge in [-0.25, -0.2) is 14.4 Å². The number of hydrogen-bond acceptors (Lipinski definition) is 4. The van der Waals surface area contributed by atoms with Gasteiger partial charge < -0.3 is 5.32 Å². The zero-order valence-electron chi connectivity index (χ0n) is 14.2. The topological polar surface area (TPSA) is 67.8 Å². The van der Waals surface area contributed by atoms with Crippen molar-refractivity contribution in [2.75, 3.05) is 0 Å². The number of nitrogens with one attached hydrogen (secondary N) is 1. The number of pyridine rings is 1. The molecular formula is C20H17FN4O. The minimum atomic E-state index is -0.306. The molecule has 130 valence electrons. The van der Waals surface area contributed by atoms with E-state index in [9.17, 15) is 9.18 Å². The molecule has 26 heavy (non-hydrogen) atoms. The Labute approximate surface area is 150 Å². The van der Waals surface area contributed by atoms with Crippen LogP contribution in [0.2, 0.25) is 0 Å². The lowest BCUT2D eigenvalue weighted by Gasteiger charge is -2.11. The van der Waals surface area contributed by atoms with Crippen molar-refractivity contribution in [2.24, 2.45) is 0 Å². The van der Waals surface area contributed by atoms with Crippen LogP contribution < -0.4 is 5.32 Å². The van der Waals surface area contributed by atoms with E-state index < -0.39 is 0 Å². The molecular weight excluding hydrogens is 331 g/mol. The number of carbonyl (C=O) groups excluding carboxylic acids is 1. The molecule has 0 spiro atoms. The summed E-state index contributed by atoms with van der Waals surface area (Å²) in [4.78, 5) is 24.7. The van der Waals surface area contributed by atoms with E-state index in [0.29, 0.717) is 11.5 Å². The van der Waals surface area contributed by atoms with Gasteiger partial charge in [0.05, 0.1) is 5.69 Å². The predicted molar refractivity (Wildman–Crippen MR) is 97.4 cm³/mol. The third-order valence-electron chi connectivity index (χ3n) is 3.79. The van der Waals surface area contributed by atoms with Crippen LogP contribution in [-0.2, 0) is 11.3 Å². The molecule has 1 amide bonds. The lowest BCUT2D eigenvalue weighted by molar-refractivity contribution is -0.116. The van der Waals surface area contributed by atoms with Crippen LogP contribution in [0.15, 0.2) is 61.6 Å². The van der Waals surface area contributed by atoms with E-state index in [1.54, 1.807) is 30.7 Å². The molecule has 2 heterocycles. The molecule has 0 saturated carbocycles. The molecule has 0 aliphatic rings. The maximum Gasteiger partial charge on any atom is 0.243 e. The molecule has 0 radical (unpaired) electrons. The van der Waals surface area contributed by atoms with Gasteiger partial charge >= 0.3 is 0 Å². The number of aryl methyl sites for hydroxylation is 1. The average Bonchev–Trinajstić information content (AvgIpc) is 2.67. The van der Waals surface area contributed by atoms with Crippen molar-refractivity contribution in [3.8, 4) is 22.6 Å². The van der Waals surface area contributed by atoms with E-state index in [4.69, 9.17) is 0 Å². The Morgan fingerprint density at radius 1 is 1.15 bits per heavy atom. The van der Waals surface area contributed by atoms with Crippen molar-refractivity contribution in [3.05, 3.63) is 78.5 Å². The Morgan fingerprint density at radius 3 is 2.50 bits per heavy atom. The van der Waals surface area contributed by atoms with Crippen molar-refractivity contribution in [3.63, 3.8) is 0 Å². The molecule has 0 bridgehead atoms. The molecule has 1 aromatic carbocycles. The van der Waals surface area contributed by atoms with Crippen LogP contribution in [0.5, 0.6) is 0 Å². The highest BCUT2D eigenvalue weighted by molar-refractivity contribution is 5.87. The van der Waals surface area contributed by atoms with Crippen LogP contribution in [0.25, 0.3) is 22.6 Å². The fourth-order valence-corrected chi connectivity index (χ4v) is 2.40. The lowest BCUT2D eigenvalue weighted by Crippen LogP contribution is -2.20. The molecule has 3 rings (SSSR count). The summed E-state index contributed by atoms with van der Waals surface area (Å²) in [6, 6.07) is 7.94. The van der Waals surface area contributed by atoms with Gasteiger partial charge in [-0.05, 0) is 48.9 Å². The van der Waals surface area contributed by atoms with E-state index in [2.05, 4.69) is 26.8 Å². The normalized spacial score (nSPS) is 10.4. The Kier molecular flexibility index (Phi) is 5.12. The number of halogens is 1. The predicted octanol–water partition coefficient (Wildman–Crippen LogP) is 3.46. The van der Waals surface area contributed by atoms with Crippen LogP contribution >= 0.6 is 0 Å². The van der Waals surface area contributed by atoms with Gasteiger partial charge in [-0.3, -0.25) is 9.78 Å². The number of aromatic nitrogens is 3. The van der Waals surface area contributed by atoms with Crippen LogP contribution in [0.1, 0.15) is 11.1 Å². The number of rotatable bonds is 5. The highest BCUT2D eigenvalue weighted by Crippen LogP contribution is 2.26. The van der Waals surface area contributed by atoms with Gasteiger partial charge in [0, 0.05) is 41.8 Å². The van der Waals surface area contributed by atoms with Crippen LogP contribution in [0, 0.1) is 12.7 Å². The Morgan fingerprint density at radius 2 is 1.85 bits per heavy atom.